The van der Waals surface area contributed by atoms with Crippen molar-refractivity contribution < 1.29 is 9.18 Å². The molecule has 4 heterocycles. The smallest absolute Gasteiger partial charge is 0.231 e. The van der Waals surface area contributed by atoms with Crippen molar-refractivity contribution in [1.29, 1.82) is 0 Å². The highest BCUT2D eigenvalue weighted by Crippen LogP contribution is 2.35. The number of amides is 1. The van der Waals surface area contributed by atoms with E-state index in [0.29, 0.717) is 28.7 Å². The summed E-state index contributed by atoms with van der Waals surface area (Å²) < 4.78 is 14.8. The summed E-state index contributed by atoms with van der Waals surface area (Å²) in [6, 6.07) is 7.37. The van der Waals surface area contributed by atoms with Crippen LogP contribution in [0, 0.1) is 5.92 Å². The van der Waals surface area contributed by atoms with Gasteiger partial charge in [-0.3, -0.25) is 4.79 Å². The van der Waals surface area contributed by atoms with Gasteiger partial charge in [-0.15, -0.1) is 5.10 Å². The Bertz CT molecular complexity index is 1190. The van der Waals surface area contributed by atoms with Gasteiger partial charge in [0.05, 0.1) is 5.92 Å². The van der Waals surface area contributed by atoms with E-state index in [9.17, 15) is 9.18 Å². The second-order valence-corrected chi connectivity index (χ2v) is 6.67. The average Bonchev–Trinajstić information content (AvgIpc) is 3.29. The summed E-state index contributed by atoms with van der Waals surface area (Å²) in [5.74, 6) is 0.589. The molecule has 1 saturated carbocycles. The molecule has 1 aliphatic carbocycles. The number of alkyl halides is 1. The number of nitrogens with zero attached hydrogens (tertiary/aromatic N) is 5. The third kappa shape index (κ3) is 2.72. The zero-order valence-corrected chi connectivity index (χ0v) is 14.9. The van der Waals surface area contributed by atoms with Crippen molar-refractivity contribution in [1.82, 2.24) is 24.6 Å². The highest BCUT2D eigenvalue weighted by Gasteiger charge is 2.43. The molecule has 140 valence electrons. The summed E-state index contributed by atoms with van der Waals surface area (Å²) in [7, 11) is 1.77. The van der Waals surface area contributed by atoms with Crippen LogP contribution in [-0.4, -0.2) is 43.7 Å². The summed E-state index contributed by atoms with van der Waals surface area (Å²) >= 11 is 0. The number of carbonyl (C=O) groups excluding carboxylic acids is 1. The van der Waals surface area contributed by atoms with Crippen molar-refractivity contribution in [3.8, 4) is 11.4 Å². The third-order valence-electron chi connectivity index (χ3n) is 4.79. The summed E-state index contributed by atoms with van der Waals surface area (Å²) in [6.07, 6.45) is 4.34. The van der Waals surface area contributed by atoms with Crippen LogP contribution in [0.2, 0.25) is 0 Å². The minimum Gasteiger partial charge on any atom is -0.373 e. The molecule has 8 nitrogen and oxygen atoms in total. The van der Waals surface area contributed by atoms with Crippen LogP contribution in [-0.2, 0) is 4.79 Å². The van der Waals surface area contributed by atoms with E-state index in [4.69, 9.17) is 0 Å². The first-order chi connectivity index (χ1) is 13.6. The number of carbonyl (C=O) groups is 1. The largest absolute Gasteiger partial charge is 0.373 e. The topological polar surface area (TPSA) is 97.1 Å². The van der Waals surface area contributed by atoms with Gasteiger partial charge in [0.25, 0.3) is 0 Å². The normalized spacial score (nSPS) is 18.4. The molecule has 0 aliphatic heterocycles. The SMILES string of the molecule is CNc1ncc(-c2nc3ccccn3n2)c2cc(NC(=O)[C@H]3C[C@H]3F)ncc12. The monoisotopic (exact) mass is 377 g/mol. The lowest BCUT2D eigenvalue weighted by molar-refractivity contribution is -0.117. The van der Waals surface area contributed by atoms with E-state index in [1.807, 2.05) is 24.4 Å². The molecular weight excluding hydrogens is 361 g/mol. The zero-order valence-electron chi connectivity index (χ0n) is 14.9. The lowest BCUT2D eigenvalue weighted by Gasteiger charge is -2.10. The Labute approximate surface area is 158 Å². The van der Waals surface area contributed by atoms with Gasteiger partial charge in [-0.05, 0) is 24.6 Å². The van der Waals surface area contributed by atoms with Crippen molar-refractivity contribution in [2.75, 3.05) is 17.7 Å². The molecule has 0 spiro atoms. The van der Waals surface area contributed by atoms with Crippen LogP contribution in [0.3, 0.4) is 0 Å². The van der Waals surface area contributed by atoms with Gasteiger partial charge in [0.15, 0.2) is 11.5 Å². The quantitative estimate of drug-likeness (QED) is 0.568. The second-order valence-electron chi connectivity index (χ2n) is 6.67. The number of hydrogen-bond acceptors (Lipinski definition) is 6. The fourth-order valence-electron chi connectivity index (χ4n) is 3.18. The van der Waals surface area contributed by atoms with Crippen LogP contribution in [0.4, 0.5) is 16.0 Å². The number of fused-ring (bicyclic) bond motifs is 2. The fraction of sp³-hybridized carbons (Fsp3) is 0.211. The van der Waals surface area contributed by atoms with Gasteiger partial charge in [-0.2, -0.15) is 0 Å². The van der Waals surface area contributed by atoms with Gasteiger partial charge in [0.2, 0.25) is 5.91 Å². The number of halogens is 1. The van der Waals surface area contributed by atoms with Crippen LogP contribution >= 0.6 is 0 Å². The molecule has 1 amide bonds. The third-order valence-corrected chi connectivity index (χ3v) is 4.79. The fourth-order valence-corrected chi connectivity index (χ4v) is 3.18. The molecule has 5 rings (SSSR count). The van der Waals surface area contributed by atoms with Crippen molar-refractivity contribution >= 4 is 34.0 Å². The summed E-state index contributed by atoms with van der Waals surface area (Å²) in [5, 5.41) is 11.8. The molecule has 1 aliphatic rings. The number of anilines is 2. The molecule has 0 unspecified atom stereocenters. The van der Waals surface area contributed by atoms with Crippen LogP contribution in [0.1, 0.15) is 6.42 Å². The zero-order chi connectivity index (χ0) is 19.3. The molecule has 2 N–H and O–H groups in total. The Morgan fingerprint density at radius 2 is 2.11 bits per heavy atom. The van der Waals surface area contributed by atoms with Gasteiger partial charge in [0, 0.05) is 42.0 Å². The minimum atomic E-state index is -1.06. The average molecular weight is 377 g/mol. The summed E-state index contributed by atoms with van der Waals surface area (Å²) in [6.45, 7) is 0. The first-order valence-corrected chi connectivity index (χ1v) is 8.87. The number of aromatic nitrogens is 5. The molecule has 0 bridgehead atoms. The van der Waals surface area contributed by atoms with Gasteiger partial charge in [-0.25, -0.2) is 23.9 Å². The molecule has 1 fully saturated rings. The van der Waals surface area contributed by atoms with Crippen LogP contribution in [0.25, 0.3) is 27.8 Å². The Morgan fingerprint density at radius 3 is 2.86 bits per heavy atom. The minimum absolute atomic E-state index is 0.268. The lowest BCUT2D eigenvalue weighted by atomic mass is 10.1. The van der Waals surface area contributed by atoms with Crippen molar-refractivity contribution in [3.63, 3.8) is 0 Å². The molecule has 28 heavy (non-hydrogen) atoms. The highest BCUT2D eigenvalue weighted by molar-refractivity contribution is 6.03. The molecule has 0 aromatic carbocycles. The Balaban J connectivity index is 1.63. The number of pyridine rings is 3. The second kappa shape index (κ2) is 6.22. The number of rotatable bonds is 4. The molecule has 0 saturated heterocycles. The Hall–Kier alpha value is -3.62. The number of hydrogen-bond donors (Lipinski definition) is 2. The summed E-state index contributed by atoms with van der Waals surface area (Å²) in [4.78, 5) is 25.4. The van der Waals surface area contributed by atoms with Gasteiger partial charge in [0.1, 0.15) is 17.8 Å². The maximum atomic E-state index is 13.2. The maximum absolute atomic E-state index is 13.2. The molecule has 0 radical (unpaired) electrons. The molecular formula is C19H16FN7O. The number of nitrogens with one attached hydrogen (secondary N) is 2. The van der Waals surface area contributed by atoms with Crippen molar-refractivity contribution in [2.45, 2.75) is 12.6 Å². The molecule has 4 aromatic rings. The van der Waals surface area contributed by atoms with E-state index in [1.165, 1.54) is 0 Å². The van der Waals surface area contributed by atoms with Crippen molar-refractivity contribution in [3.05, 3.63) is 42.9 Å². The lowest BCUT2D eigenvalue weighted by Crippen LogP contribution is -2.15. The highest BCUT2D eigenvalue weighted by atomic mass is 19.1. The van der Waals surface area contributed by atoms with E-state index in [2.05, 4.69) is 30.7 Å². The van der Waals surface area contributed by atoms with E-state index < -0.39 is 12.1 Å². The standard InChI is InChI=1S/C19H16FN7O/c1-21-17-12-8-22-15(24-19(28)11-6-14(11)20)7-10(12)13(9-23-17)18-25-16-4-2-3-5-27(16)26-18/h2-5,7-9,11,14H,6H2,1H3,(H,21,23)(H,22,24,28)/t11-,14+/m0/s1. The van der Waals surface area contributed by atoms with Gasteiger partial charge < -0.3 is 10.6 Å². The van der Waals surface area contributed by atoms with Crippen molar-refractivity contribution in [2.24, 2.45) is 5.92 Å². The molecule has 4 aromatic heterocycles. The van der Waals surface area contributed by atoms with Crippen LogP contribution in [0.15, 0.2) is 42.9 Å². The van der Waals surface area contributed by atoms with Crippen LogP contribution < -0.4 is 10.6 Å². The Morgan fingerprint density at radius 1 is 1.25 bits per heavy atom. The predicted octanol–water partition coefficient (Wildman–Crippen LogP) is 2.68. The Kier molecular flexibility index (Phi) is 3.68. The van der Waals surface area contributed by atoms with Gasteiger partial charge >= 0.3 is 0 Å². The van der Waals surface area contributed by atoms with E-state index in [-0.39, 0.29) is 12.3 Å². The van der Waals surface area contributed by atoms with E-state index in [0.717, 1.165) is 10.8 Å². The van der Waals surface area contributed by atoms with Crippen LogP contribution in [0.5, 0.6) is 0 Å². The first kappa shape index (κ1) is 16.5. The first-order valence-electron chi connectivity index (χ1n) is 8.87. The van der Waals surface area contributed by atoms with E-state index >= 15 is 0 Å². The van der Waals surface area contributed by atoms with E-state index in [1.54, 1.807) is 30.0 Å². The molecule has 2 atom stereocenters. The van der Waals surface area contributed by atoms with Gasteiger partial charge in [-0.1, -0.05) is 6.07 Å². The molecule has 9 heteroatoms. The summed E-state index contributed by atoms with van der Waals surface area (Å²) in [5.41, 5.74) is 1.43. The predicted molar refractivity (Wildman–Crippen MR) is 103 cm³/mol. The maximum Gasteiger partial charge on any atom is 0.231 e.